The standard InChI is InChI=1S/C25H20N2O4/c1-2-30-23-10-6-9-21(16-23)27-24(28)20(17-26)15-18-11-13-22(14-12-18)31-25(29)19-7-4-3-5-8-19/h3-16H,2H2,1H3,(H,27,28)/b20-15+. The third-order valence-corrected chi connectivity index (χ3v) is 4.18. The van der Waals surface area contributed by atoms with Crippen LogP contribution in [-0.2, 0) is 4.79 Å². The molecule has 6 nitrogen and oxygen atoms in total. The monoisotopic (exact) mass is 412 g/mol. The number of ether oxygens (including phenoxy) is 2. The smallest absolute Gasteiger partial charge is 0.343 e. The summed E-state index contributed by atoms with van der Waals surface area (Å²) in [6.45, 7) is 2.38. The van der Waals surface area contributed by atoms with Crippen LogP contribution in [0.2, 0.25) is 0 Å². The van der Waals surface area contributed by atoms with E-state index in [1.807, 2.05) is 19.1 Å². The molecular weight excluding hydrogens is 392 g/mol. The Kier molecular flexibility index (Phi) is 7.17. The number of nitrogens with one attached hydrogen (secondary N) is 1. The van der Waals surface area contributed by atoms with E-state index >= 15 is 0 Å². The van der Waals surface area contributed by atoms with Gasteiger partial charge in [0, 0.05) is 11.8 Å². The first-order valence-corrected chi connectivity index (χ1v) is 9.62. The number of anilines is 1. The topological polar surface area (TPSA) is 88.4 Å². The molecule has 0 saturated carbocycles. The predicted molar refractivity (Wildman–Crippen MR) is 118 cm³/mol. The van der Waals surface area contributed by atoms with Gasteiger partial charge in [-0.25, -0.2) is 4.79 Å². The lowest BCUT2D eigenvalue weighted by atomic mass is 10.1. The minimum absolute atomic E-state index is 0.0594. The number of carbonyl (C=O) groups excluding carboxylic acids is 2. The van der Waals surface area contributed by atoms with Crippen molar-refractivity contribution < 1.29 is 19.1 Å². The van der Waals surface area contributed by atoms with Crippen molar-refractivity contribution in [2.75, 3.05) is 11.9 Å². The molecule has 1 N–H and O–H groups in total. The Labute approximate surface area is 180 Å². The molecule has 3 aromatic carbocycles. The number of hydrogen-bond donors (Lipinski definition) is 1. The number of rotatable bonds is 7. The van der Waals surface area contributed by atoms with Crippen LogP contribution in [0.1, 0.15) is 22.8 Å². The van der Waals surface area contributed by atoms with Gasteiger partial charge in [-0.3, -0.25) is 4.79 Å². The van der Waals surface area contributed by atoms with Gasteiger partial charge in [0.25, 0.3) is 5.91 Å². The molecule has 0 aliphatic rings. The highest BCUT2D eigenvalue weighted by Gasteiger charge is 2.11. The molecule has 0 atom stereocenters. The molecule has 0 fully saturated rings. The fourth-order valence-electron chi connectivity index (χ4n) is 2.72. The zero-order valence-electron chi connectivity index (χ0n) is 16.9. The third-order valence-electron chi connectivity index (χ3n) is 4.18. The lowest BCUT2D eigenvalue weighted by molar-refractivity contribution is -0.112. The van der Waals surface area contributed by atoms with E-state index in [0.29, 0.717) is 34.9 Å². The highest BCUT2D eigenvalue weighted by molar-refractivity contribution is 6.09. The molecule has 3 rings (SSSR count). The van der Waals surface area contributed by atoms with E-state index in [-0.39, 0.29) is 5.57 Å². The largest absolute Gasteiger partial charge is 0.494 e. The second-order valence-electron chi connectivity index (χ2n) is 6.41. The predicted octanol–water partition coefficient (Wildman–Crippen LogP) is 4.85. The number of hydrogen-bond acceptors (Lipinski definition) is 5. The molecular formula is C25H20N2O4. The van der Waals surface area contributed by atoms with Gasteiger partial charge in [-0.1, -0.05) is 36.4 Å². The second kappa shape index (κ2) is 10.4. The molecule has 0 bridgehead atoms. The summed E-state index contributed by atoms with van der Waals surface area (Å²) in [7, 11) is 0. The molecule has 0 aliphatic carbocycles. The Bertz CT molecular complexity index is 1130. The minimum Gasteiger partial charge on any atom is -0.494 e. The van der Waals surface area contributed by atoms with Crippen LogP contribution >= 0.6 is 0 Å². The summed E-state index contributed by atoms with van der Waals surface area (Å²) < 4.78 is 10.7. The van der Waals surface area contributed by atoms with Crippen molar-refractivity contribution >= 4 is 23.6 Å². The normalized spacial score (nSPS) is 10.6. The number of benzene rings is 3. The van der Waals surface area contributed by atoms with Crippen LogP contribution in [0.4, 0.5) is 5.69 Å². The summed E-state index contributed by atoms with van der Waals surface area (Å²) in [6, 6.07) is 24.0. The Morgan fingerprint density at radius 3 is 2.39 bits per heavy atom. The Hall–Kier alpha value is -4.37. The molecule has 3 aromatic rings. The van der Waals surface area contributed by atoms with E-state index in [1.54, 1.807) is 72.8 Å². The summed E-state index contributed by atoms with van der Waals surface area (Å²) in [6.07, 6.45) is 1.46. The summed E-state index contributed by atoms with van der Waals surface area (Å²) in [5, 5.41) is 12.1. The Morgan fingerprint density at radius 1 is 0.968 bits per heavy atom. The van der Waals surface area contributed by atoms with Gasteiger partial charge in [0.05, 0.1) is 12.2 Å². The van der Waals surface area contributed by atoms with Crippen LogP contribution < -0.4 is 14.8 Å². The van der Waals surface area contributed by atoms with Gasteiger partial charge in [0.15, 0.2) is 0 Å². The first kappa shape index (κ1) is 21.3. The van der Waals surface area contributed by atoms with Crippen LogP contribution in [-0.4, -0.2) is 18.5 Å². The van der Waals surface area contributed by atoms with Gasteiger partial charge >= 0.3 is 5.97 Å². The maximum atomic E-state index is 12.5. The Balaban J connectivity index is 1.67. The van der Waals surface area contributed by atoms with Gasteiger partial charge in [-0.15, -0.1) is 0 Å². The van der Waals surface area contributed by atoms with E-state index < -0.39 is 11.9 Å². The molecule has 0 spiro atoms. The van der Waals surface area contributed by atoms with Gasteiger partial charge in [-0.2, -0.15) is 5.26 Å². The van der Waals surface area contributed by atoms with Crippen LogP contribution in [0.25, 0.3) is 6.08 Å². The van der Waals surface area contributed by atoms with Crippen molar-refractivity contribution in [1.29, 1.82) is 5.26 Å². The molecule has 6 heteroatoms. The van der Waals surface area contributed by atoms with Crippen LogP contribution in [0.5, 0.6) is 11.5 Å². The highest BCUT2D eigenvalue weighted by Crippen LogP contribution is 2.19. The lowest BCUT2D eigenvalue weighted by Gasteiger charge is -2.08. The second-order valence-corrected chi connectivity index (χ2v) is 6.41. The molecule has 0 unspecified atom stereocenters. The third kappa shape index (κ3) is 6.05. The van der Waals surface area contributed by atoms with Crippen molar-refractivity contribution in [2.45, 2.75) is 6.92 Å². The maximum Gasteiger partial charge on any atom is 0.343 e. The molecule has 154 valence electrons. The highest BCUT2D eigenvalue weighted by atomic mass is 16.5. The minimum atomic E-state index is -0.532. The van der Waals surface area contributed by atoms with Gasteiger partial charge in [0.2, 0.25) is 0 Å². The maximum absolute atomic E-state index is 12.5. The average Bonchev–Trinajstić information content (AvgIpc) is 2.79. The van der Waals surface area contributed by atoms with Crippen LogP contribution in [0.15, 0.2) is 84.4 Å². The molecule has 1 amide bonds. The summed E-state index contributed by atoms with van der Waals surface area (Å²) in [4.78, 5) is 24.6. The van der Waals surface area contributed by atoms with Crippen molar-refractivity contribution in [1.82, 2.24) is 0 Å². The zero-order valence-corrected chi connectivity index (χ0v) is 16.9. The summed E-state index contributed by atoms with van der Waals surface area (Å²) >= 11 is 0. The fraction of sp³-hybridized carbons (Fsp3) is 0.0800. The molecule has 0 heterocycles. The van der Waals surface area contributed by atoms with Gasteiger partial charge < -0.3 is 14.8 Å². The quantitative estimate of drug-likeness (QED) is 0.259. The zero-order chi connectivity index (χ0) is 22.1. The van der Waals surface area contributed by atoms with E-state index in [2.05, 4.69) is 5.32 Å². The van der Waals surface area contributed by atoms with E-state index in [9.17, 15) is 14.9 Å². The molecule has 0 aliphatic heterocycles. The van der Waals surface area contributed by atoms with E-state index in [1.165, 1.54) is 6.08 Å². The molecule has 0 saturated heterocycles. The van der Waals surface area contributed by atoms with E-state index in [0.717, 1.165) is 0 Å². The van der Waals surface area contributed by atoms with Crippen molar-refractivity contribution in [3.05, 3.63) is 95.6 Å². The number of amides is 1. The van der Waals surface area contributed by atoms with E-state index in [4.69, 9.17) is 9.47 Å². The number of nitriles is 1. The first-order chi connectivity index (χ1) is 15.1. The van der Waals surface area contributed by atoms with Crippen LogP contribution in [0.3, 0.4) is 0 Å². The van der Waals surface area contributed by atoms with Gasteiger partial charge in [-0.05, 0) is 55.0 Å². The van der Waals surface area contributed by atoms with Crippen molar-refractivity contribution in [3.63, 3.8) is 0 Å². The average molecular weight is 412 g/mol. The summed E-state index contributed by atoms with van der Waals surface area (Å²) in [5.41, 5.74) is 1.54. The molecule has 31 heavy (non-hydrogen) atoms. The van der Waals surface area contributed by atoms with Gasteiger partial charge in [0.1, 0.15) is 23.1 Å². The lowest BCUT2D eigenvalue weighted by Crippen LogP contribution is -2.13. The number of nitrogens with zero attached hydrogens (tertiary/aromatic N) is 1. The first-order valence-electron chi connectivity index (χ1n) is 9.62. The molecule has 0 aromatic heterocycles. The Morgan fingerprint density at radius 2 is 1.71 bits per heavy atom. The van der Waals surface area contributed by atoms with Crippen molar-refractivity contribution in [2.24, 2.45) is 0 Å². The fourth-order valence-corrected chi connectivity index (χ4v) is 2.72. The summed E-state index contributed by atoms with van der Waals surface area (Å²) in [5.74, 6) is -0.00359. The molecule has 0 radical (unpaired) electrons. The van der Waals surface area contributed by atoms with Crippen molar-refractivity contribution in [3.8, 4) is 17.6 Å². The van der Waals surface area contributed by atoms with Crippen LogP contribution in [0, 0.1) is 11.3 Å². The number of carbonyl (C=O) groups is 2. The number of esters is 1. The SMILES string of the molecule is CCOc1cccc(NC(=O)/C(C#N)=C/c2ccc(OC(=O)c3ccccc3)cc2)c1.